The van der Waals surface area contributed by atoms with E-state index >= 15 is 0 Å². The Morgan fingerprint density at radius 1 is 0.850 bits per heavy atom. The van der Waals surface area contributed by atoms with Gasteiger partial charge >= 0.3 is 0 Å². The SMILES string of the molecule is COc1ccccc1CN1CC(=O)N2C(c3cc(OC)c(OC)c(OC)c3)c3[nH]c4ccccc4c3C[C@@H]2C1=O. The second-order valence-corrected chi connectivity index (χ2v) is 9.95. The molecule has 2 aliphatic heterocycles. The summed E-state index contributed by atoms with van der Waals surface area (Å²) in [4.78, 5) is 35.0. The number of piperazine rings is 1. The highest BCUT2D eigenvalue weighted by Crippen LogP contribution is 2.47. The van der Waals surface area contributed by atoms with E-state index in [9.17, 15) is 9.59 Å². The van der Waals surface area contributed by atoms with E-state index in [0.29, 0.717) is 29.4 Å². The van der Waals surface area contributed by atoms with E-state index in [1.54, 1.807) is 38.2 Å². The normalized spacial score (nSPS) is 18.4. The number of fused-ring (bicyclic) bond motifs is 4. The number of hydrogen-bond donors (Lipinski definition) is 1. The lowest BCUT2D eigenvalue weighted by Crippen LogP contribution is -2.62. The molecule has 1 saturated heterocycles. The Morgan fingerprint density at radius 3 is 2.23 bits per heavy atom. The largest absolute Gasteiger partial charge is 0.496 e. The van der Waals surface area contributed by atoms with Crippen molar-refractivity contribution in [2.45, 2.75) is 25.0 Å². The van der Waals surface area contributed by atoms with Crippen molar-refractivity contribution in [3.05, 3.63) is 83.0 Å². The van der Waals surface area contributed by atoms with E-state index in [1.807, 2.05) is 60.7 Å². The second kappa shape index (κ2) is 10.1. The first kappa shape index (κ1) is 25.6. The van der Waals surface area contributed by atoms with Gasteiger partial charge in [0.05, 0.1) is 34.5 Å². The molecule has 0 aliphatic carbocycles. The summed E-state index contributed by atoms with van der Waals surface area (Å²) in [5.41, 5.74) is 4.47. The van der Waals surface area contributed by atoms with Crippen molar-refractivity contribution in [1.29, 1.82) is 0 Å². The summed E-state index contributed by atoms with van der Waals surface area (Å²) in [6, 6.07) is 18.0. The molecule has 3 aromatic carbocycles. The van der Waals surface area contributed by atoms with Crippen LogP contribution in [0.3, 0.4) is 0 Å². The number of carbonyl (C=O) groups is 2. The zero-order valence-electron chi connectivity index (χ0n) is 22.9. The van der Waals surface area contributed by atoms with Crippen LogP contribution in [0.5, 0.6) is 23.0 Å². The maximum Gasteiger partial charge on any atom is 0.246 e. The van der Waals surface area contributed by atoms with E-state index in [2.05, 4.69) is 4.98 Å². The predicted molar refractivity (Wildman–Crippen MR) is 149 cm³/mol. The average molecular weight is 542 g/mol. The third-order valence-corrected chi connectivity index (χ3v) is 7.90. The van der Waals surface area contributed by atoms with Crippen molar-refractivity contribution in [1.82, 2.24) is 14.8 Å². The first-order chi connectivity index (χ1) is 19.5. The molecule has 0 spiro atoms. The van der Waals surface area contributed by atoms with Gasteiger partial charge in [0, 0.05) is 35.1 Å². The maximum atomic E-state index is 14.1. The molecule has 40 heavy (non-hydrogen) atoms. The number of nitrogens with one attached hydrogen (secondary N) is 1. The monoisotopic (exact) mass is 541 g/mol. The molecule has 1 N–H and O–H groups in total. The molecule has 0 radical (unpaired) electrons. The molecule has 2 aliphatic rings. The van der Waals surface area contributed by atoms with Crippen LogP contribution in [0.25, 0.3) is 10.9 Å². The fourth-order valence-electron chi connectivity index (χ4n) is 6.10. The molecular formula is C31H31N3O6. The Morgan fingerprint density at radius 2 is 1.52 bits per heavy atom. The van der Waals surface area contributed by atoms with E-state index in [-0.39, 0.29) is 24.9 Å². The van der Waals surface area contributed by atoms with Crippen molar-refractivity contribution < 1.29 is 28.5 Å². The molecule has 6 rings (SSSR count). The van der Waals surface area contributed by atoms with Gasteiger partial charge in [-0.1, -0.05) is 36.4 Å². The molecule has 0 bridgehead atoms. The standard InChI is InChI=1S/C31H31N3O6/c1-37-24-12-8-5-9-18(24)16-33-17-27(35)34-23(31(33)36)15-21-20-10-6-7-11-22(20)32-28(21)29(34)19-13-25(38-2)30(40-4)26(14-19)39-3/h5-14,23,29,32H,15-17H2,1-4H3/t23-,29?/m1/s1. The molecule has 3 heterocycles. The summed E-state index contributed by atoms with van der Waals surface area (Å²) >= 11 is 0. The Hall–Kier alpha value is -4.66. The van der Waals surface area contributed by atoms with Crippen LogP contribution in [0.2, 0.25) is 0 Å². The van der Waals surface area contributed by atoms with Gasteiger partial charge in [0.2, 0.25) is 17.6 Å². The third kappa shape index (κ3) is 4.00. The Bertz CT molecular complexity index is 1590. The molecule has 2 amide bonds. The van der Waals surface area contributed by atoms with Crippen LogP contribution in [0.15, 0.2) is 60.7 Å². The van der Waals surface area contributed by atoms with E-state index in [0.717, 1.165) is 33.3 Å². The number of para-hydroxylation sites is 2. The number of carbonyl (C=O) groups excluding carboxylic acids is 2. The quantitative estimate of drug-likeness (QED) is 0.379. The van der Waals surface area contributed by atoms with E-state index in [4.69, 9.17) is 18.9 Å². The van der Waals surface area contributed by atoms with Crippen LogP contribution in [0, 0.1) is 0 Å². The average Bonchev–Trinajstić information content (AvgIpc) is 3.36. The van der Waals surface area contributed by atoms with Crippen LogP contribution in [0.4, 0.5) is 0 Å². The number of aromatic nitrogens is 1. The van der Waals surface area contributed by atoms with Gasteiger partial charge in [-0.25, -0.2) is 0 Å². The number of aromatic amines is 1. The first-order valence-electron chi connectivity index (χ1n) is 13.1. The summed E-state index contributed by atoms with van der Waals surface area (Å²) in [6.45, 7) is 0.248. The highest BCUT2D eigenvalue weighted by molar-refractivity contribution is 5.97. The number of benzene rings is 3. The second-order valence-electron chi connectivity index (χ2n) is 9.95. The fraction of sp³-hybridized carbons (Fsp3) is 0.290. The zero-order valence-corrected chi connectivity index (χ0v) is 22.9. The van der Waals surface area contributed by atoms with E-state index in [1.165, 1.54) is 0 Å². The Kier molecular flexibility index (Phi) is 6.50. The number of hydrogen-bond acceptors (Lipinski definition) is 6. The molecule has 9 heteroatoms. The number of methoxy groups -OCH3 is 4. The van der Waals surface area contributed by atoms with Crippen molar-refractivity contribution >= 4 is 22.7 Å². The molecule has 206 valence electrons. The van der Waals surface area contributed by atoms with Gasteiger partial charge in [-0.3, -0.25) is 9.59 Å². The molecule has 1 fully saturated rings. The lowest BCUT2D eigenvalue weighted by atomic mass is 9.86. The van der Waals surface area contributed by atoms with Gasteiger partial charge in [-0.15, -0.1) is 0 Å². The molecule has 9 nitrogen and oxygen atoms in total. The number of amides is 2. The van der Waals surface area contributed by atoms with Crippen molar-refractivity contribution in [2.75, 3.05) is 35.0 Å². The van der Waals surface area contributed by atoms with Crippen LogP contribution in [-0.4, -0.2) is 67.6 Å². The molecule has 1 aromatic heterocycles. The van der Waals surface area contributed by atoms with Crippen LogP contribution < -0.4 is 18.9 Å². The van der Waals surface area contributed by atoms with Gasteiger partial charge in [0.15, 0.2) is 11.5 Å². The fourth-order valence-corrected chi connectivity index (χ4v) is 6.10. The molecule has 2 atom stereocenters. The Labute approximate surface area is 232 Å². The lowest BCUT2D eigenvalue weighted by molar-refractivity contribution is -0.159. The minimum atomic E-state index is -0.674. The van der Waals surface area contributed by atoms with Crippen molar-refractivity contribution in [3.8, 4) is 23.0 Å². The zero-order chi connectivity index (χ0) is 28.0. The highest BCUT2D eigenvalue weighted by Gasteiger charge is 2.48. The van der Waals surface area contributed by atoms with Gasteiger partial charge in [-0.05, 0) is 35.4 Å². The molecule has 4 aromatic rings. The lowest BCUT2D eigenvalue weighted by Gasteiger charge is -2.47. The minimum Gasteiger partial charge on any atom is -0.496 e. The molecule has 0 saturated carbocycles. The van der Waals surface area contributed by atoms with Gasteiger partial charge in [0.1, 0.15) is 18.3 Å². The number of ether oxygens (including phenoxy) is 4. The third-order valence-electron chi connectivity index (χ3n) is 7.90. The van der Waals surface area contributed by atoms with Crippen LogP contribution >= 0.6 is 0 Å². The van der Waals surface area contributed by atoms with Gasteiger partial charge in [-0.2, -0.15) is 0 Å². The van der Waals surface area contributed by atoms with Crippen molar-refractivity contribution in [2.24, 2.45) is 0 Å². The first-order valence-corrected chi connectivity index (χ1v) is 13.1. The topological polar surface area (TPSA) is 93.3 Å². The van der Waals surface area contributed by atoms with Crippen LogP contribution in [0.1, 0.15) is 28.4 Å². The summed E-state index contributed by atoms with van der Waals surface area (Å²) in [6.07, 6.45) is 0.410. The summed E-state index contributed by atoms with van der Waals surface area (Å²) in [5.74, 6) is 1.86. The highest BCUT2D eigenvalue weighted by atomic mass is 16.5. The molecule has 1 unspecified atom stereocenters. The summed E-state index contributed by atoms with van der Waals surface area (Å²) < 4.78 is 22.3. The number of H-pyrrole nitrogens is 1. The van der Waals surface area contributed by atoms with Gasteiger partial charge in [0.25, 0.3) is 0 Å². The predicted octanol–water partition coefficient (Wildman–Crippen LogP) is 4.09. The summed E-state index contributed by atoms with van der Waals surface area (Å²) in [7, 11) is 6.27. The summed E-state index contributed by atoms with van der Waals surface area (Å²) in [5, 5.41) is 1.04. The minimum absolute atomic E-state index is 0.0378. The number of rotatable bonds is 7. The maximum absolute atomic E-state index is 14.1. The molecular weight excluding hydrogens is 510 g/mol. The number of nitrogens with zero attached hydrogens (tertiary/aromatic N) is 2. The van der Waals surface area contributed by atoms with Gasteiger partial charge < -0.3 is 33.7 Å². The van der Waals surface area contributed by atoms with Crippen molar-refractivity contribution in [3.63, 3.8) is 0 Å². The smallest absolute Gasteiger partial charge is 0.246 e. The van der Waals surface area contributed by atoms with Crippen LogP contribution in [-0.2, 0) is 22.6 Å². The van der Waals surface area contributed by atoms with E-state index < -0.39 is 12.1 Å². The Balaban J connectivity index is 1.49.